The summed E-state index contributed by atoms with van der Waals surface area (Å²) in [7, 11) is 0. The summed E-state index contributed by atoms with van der Waals surface area (Å²) in [4.78, 5) is 11.2. The van der Waals surface area contributed by atoms with Crippen LogP contribution in [0, 0.1) is 6.92 Å². The molecule has 5 nitrogen and oxygen atoms in total. The van der Waals surface area contributed by atoms with Crippen molar-refractivity contribution in [3.05, 3.63) is 29.8 Å². The maximum absolute atomic E-state index is 11.2. The Morgan fingerprint density at radius 3 is 2.74 bits per heavy atom. The van der Waals surface area contributed by atoms with Crippen molar-refractivity contribution in [2.75, 3.05) is 12.4 Å². The lowest BCUT2D eigenvalue weighted by Crippen LogP contribution is -2.06. The molecule has 0 fully saturated rings. The first-order chi connectivity index (χ1) is 9.19. The van der Waals surface area contributed by atoms with Crippen molar-refractivity contribution in [3.63, 3.8) is 0 Å². The van der Waals surface area contributed by atoms with Crippen molar-refractivity contribution in [3.8, 4) is 11.5 Å². The molecule has 0 unspecified atom stereocenters. The molecule has 2 aromatic rings. The van der Waals surface area contributed by atoms with Crippen molar-refractivity contribution in [1.82, 2.24) is 10.2 Å². The van der Waals surface area contributed by atoms with E-state index in [1.807, 2.05) is 31.2 Å². The van der Waals surface area contributed by atoms with Gasteiger partial charge in [-0.1, -0.05) is 29.5 Å². The van der Waals surface area contributed by atoms with Crippen molar-refractivity contribution in [1.29, 1.82) is 0 Å². The molecule has 0 aliphatic carbocycles. The number of hydrogen-bond acceptors (Lipinski definition) is 6. The van der Waals surface area contributed by atoms with E-state index in [9.17, 15) is 4.79 Å². The van der Waals surface area contributed by atoms with Gasteiger partial charge < -0.3 is 9.15 Å². The Hall–Kier alpha value is -1.82. The fourth-order valence-corrected chi connectivity index (χ4v) is 1.97. The normalized spacial score (nSPS) is 10.4. The summed E-state index contributed by atoms with van der Waals surface area (Å²) in [6.07, 6.45) is 0. The van der Waals surface area contributed by atoms with E-state index in [1.54, 1.807) is 6.92 Å². The summed E-state index contributed by atoms with van der Waals surface area (Å²) in [6, 6.07) is 7.79. The van der Waals surface area contributed by atoms with Crippen LogP contribution in [-0.2, 0) is 9.53 Å². The monoisotopic (exact) mass is 278 g/mol. The molecule has 2 rings (SSSR count). The van der Waals surface area contributed by atoms with Crippen LogP contribution in [0.5, 0.6) is 0 Å². The number of hydrogen-bond donors (Lipinski definition) is 0. The van der Waals surface area contributed by atoms with E-state index in [0.29, 0.717) is 17.7 Å². The molecule has 0 atom stereocenters. The average Bonchev–Trinajstić information content (AvgIpc) is 2.86. The Balaban J connectivity index is 1.99. The molecule has 0 radical (unpaired) electrons. The molecule has 0 spiro atoms. The number of rotatable bonds is 5. The number of carbonyl (C=O) groups excluding carboxylic acids is 1. The van der Waals surface area contributed by atoms with Crippen LogP contribution in [0.3, 0.4) is 0 Å². The minimum atomic E-state index is -0.289. The minimum Gasteiger partial charge on any atom is -0.465 e. The minimum absolute atomic E-state index is 0.170. The van der Waals surface area contributed by atoms with E-state index in [2.05, 4.69) is 10.2 Å². The molecule has 100 valence electrons. The molecular formula is C13H14N2O3S. The summed E-state index contributed by atoms with van der Waals surface area (Å²) >= 11 is 1.17. The van der Waals surface area contributed by atoms with Gasteiger partial charge in [-0.15, -0.1) is 10.2 Å². The lowest BCUT2D eigenvalue weighted by Gasteiger charge is -1.98. The quantitative estimate of drug-likeness (QED) is 0.619. The fourth-order valence-electron chi connectivity index (χ4n) is 1.40. The lowest BCUT2D eigenvalue weighted by molar-refractivity contribution is -0.139. The Labute approximate surface area is 115 Å². The van der Waals surface area contributed by atoms with Gasteiger partial charge in [-0.2, -0.15) is 0 Å². The van der Waals surface area contributed by atoms with Crippen LogP contribution in [-0.4, -0.2) is 28.5 Å². The molecule has 19 heavy (non-hydrogen) atoms. The highest BCUT2D eigenvalue weighted by Gasteiger charge is 2.11. The third kappa shape index (κ3) is 3.82. The number of esters is 1. The van der Waals surface area contributed by atoms with Crippen LogP contribution in [0.2, 0.25) is 0 Å². The van der Waals surface area contributed by atoms with Crippen LogP contribution in [0.25, 0.3) is 11.5 Å². The number of aromatic nitrogens is 2. The third-order valence-corrected chi connectivity index (χ3v) is 3.12. The topological polar surface area (TPSA) is 65.2 Å². The average molecular weight is 278 g/mol. The lowest BCUT2D eigenvalue weighted by atomic mass is 10.1. The third-order valence-electron chi connectivity index (χ3n) is 2.32. The Morgan fingerprint density at radius 1 is 1.32 bits per heavy atom. The van der Waals surface area contributed by atoms with Gasteiger partial charge in [0.2, 0.25) is 5.89 Å². The van der Waals surface area contributed by atoms with Crippen LogP contribution in [0.1, 0.15) is 12.5 Å². The Morgan fingerprint density at radius 2 is 2.05 bits per heavy atom. The number of aryl methyl sites for hydroxylation is 1. The molecule has 1 heterocycles. The van der Waals surface area contributed by atoms with Gasteiger partial charge in [0.05, 0.1) is 6.61 Å². The zero-order valence-corrected chi connectivity index (χ0v) is 11.6. The zero-order valence-electron chi connectivity index (χ0n) is 10.8. The van der Waals surface area contributed by atoms with Gasteiger partial charge >= 0.3 is 5.97 Å². The summed E-state index contributed by atoms with van der Waals surface area (Å²) in [5.41, 5.74) is 2.03. The number of thioether (sulfide) groups is 1. The summed E-state index contributed by atoms with van der Waals surface area (Å²) < 4.78 is 10.3. The smallest absolute Gasteiger partial charge is 0.316 e. The highest BCUT2D eigenvalue weighted by Crippen LogP contribution is 2.23. The number of carbonyl (C=O) groups is 1. The first kappa shape index (κ1) is 13.6. The molecular weight excluding hydrogens is 264 g/mol. The van der Waals surface area contributed by atoms with E-state index in [-0.39, 0.29) is 11.7 Å². The Bertz CT molecular complexity index is 551. The molecule has 0 amide bonds. The second-order valence-electron chi connectivity index (χ2n) is 3.83. The van der Waals surface area contributed by atoms with Gasteiger partial charge in [0.25, 0.3) is 5.22 Å². The number of nitrogens with zero attached hydrogens (tertiary/aromatic N) is 2. The predicted molar refractivity (Wildman–Crippen MR) is 71.8 cm³/mol. The molecule has 1 aromatic heterocycles. The maximum Gasteiger partial charge on any atom is 0.316 e. The molecule has 0 N–H and O–H groups in total. The molecule has 0 aliphatic heterocycles. The molecule has 1 aromatic carbocycles. The van der Waals surface area contributed by atoms with Crippen molar-refractivity contribution in [2.24, 2.45) is 0 Å². The van der Waals surface area contributed by atoms with Gasteiger partial charge in [0.1, 0.15) is 5.75 Å². The van der Waals surface area contributed by atoms with E-state index >= 15 is 0 Å². The van der Waals surface area contributed by atoms with E-state index in [0.717, 1.165) is 5.56 Å². The highest BCUT2D eigenvalue weighted by molar-refractivity contribution is 7.99. The standard InChI is InChI=1S/C13H14N2O3S/c1-3-17-11(16)8-19-13-15-14-12(18-13)10-6-4-9(2)5-7-10/h4-7H,3,8H2,1-2H3. The van der Waals surface area contributed by atoms with Gasteiger partial charge in [0.15, 0.2) is 0 Å². The fraction of sp³-hybridized carbons (Fsp3) is 0.308. The summed E-state index contributed by atoms with van der Waals surface area (Å²) in [5, 5.41) is 8.20. The highest BCUT2D eigenvalue weighted by atomic mass is 32.2. The first-order valence-electron chi connectivity index (χ1n) is 5.88. The maximum atomic E-state index is 11.2. The summed E-state index contributed by atoms with van der Waals surface area (Å²) in [5.74, 6) is 0.331. The van der Waals surface area contributed by atoms with E-state index < -0.39 is 0 Å². The van der Waals surface area contributed by atoms with Gasteiger partial charge in [-0.05, 0) is 26.0 Å². The van der Waals surface area contributed by atoms with Crippen LogP contribution >= 0.6 is 11.8 Å². The summed E-state index contributed by atoms with van der Waals surface area (Å²) in [6.45, 7) is 4.15. The first-order valence-corrected chi connectivity index (χ1v) is 6.86. The SMILES string of the molecule is CCOC(=O)CSc1nnc(-c2ccc(C)cc2)o1. The molecule has 6 heteroatoms. The van der Waals surface area contributed by atoms with Crippen molar-refractivity contribution < 1.29 is 13.9 Å². The largest absolute Gasteiger partial charge is 0.465 e. The second kappa shape index (κ2) is 6.38. The second-order valence-corrected chi connectivity index (χ2v) is 4.76. The van der Waals surface area contributed by atoms with Gasteiger partial charge in [-0.3, -0.25) is 4.79 Å². The van der Waals surface area contributed by atoms with Crippen molar-refractivity contribution >= 4 is 17.7 Å². The van der Waals surface area contributed by atoms with Gasteiger partial charge in [-0.25, -0.2) is 0 Å². The zero-order chi connectivity index (χ0) is 13.7. The molecule has 0 saturated heterocycles. The number of ether oxygens (including phenoxy) is 1. The molecule has 0 bridgehead atoms. The van der Waals surface area contributed by atoms with Crippen molar-refractivity contribution in [2.45, 2.75) is 19.1 Å². The van der Waals surface area contributed by atoms with Gasteiger partial charge in [0, 0.05) is 5.56 Å². The van der Waals surface area contributed by atoms with E-state index in [1.165, 1.54) is 17.3 Å². The van der Waals surface area contributed by atoms with E-state index in [4.69, 9.17) is 9.15 Å². The van der Waals surface area contributed by atoms with Crippen LogP contribution in [0.4, 0.5) is 0 Å². The van der Waals surface area contributed by atoms with Crippen LogP contribution in [0.15, 0.2) is 33.9 Å². The number of benzene rings is 1. The predicted octanol–water partition coefficient (Wildman–Crippen LogP) is 2.70. The Kier molecular flexibility index (Phi) is 4.57. The molecule has 0 aliphatic rings. The molecule has 0 saturated carbocycles. The van der Waals surface area contributed by atoms with Crippen LogP contribution < -0.4 is 0 Å².